The molecule has 0 radical (unpaired) electrons. The van der Waals surface area contributed by atoms with Crippen LogP contribution in [0.25, 0.3) is 0 Å². The Morgan fingerprint density at radius 1 is 1.12 bits per heavy atom. The maximum absolute atomic E-state index is 11.9. The van der Waals surface area contributed by atoms with Gasteiger partial charge in [-0.3, -0.25) is 0 Å². The molecule has 32 heavy (non-hydrogen) atoms. The third kappa shape index (κ3) is 7.72. The molecule has 0 aliphatic heterocycles. The number of nitrogens with one attached hydrogen (secondary N) is 1. The molecule has 0 saturated heterocycles. The van der Waals surface area contributed by atoms with Crippen LogP contribution >= 0.6 is 0 Å². The number of carbonyl (C=O) groups excluding carboxylic acids is 1. The van der Waals surface area contributed by atoms with Crippen LogP contribution in [0.1, 0.15) is 38.2 Å². The summed E-state index contributed by atoms with van der Waals surface area (Å²) in [5.74, 6) is -0.0970. The highest BCUT2D eigenvalue weighted by Gasteiger charge is 2.21. The Bertz CT molecular complexity index is 873. The van der Waals surface area contributed by atoms with Crippen LogP contribution < -0.4 is 15.0 Å². The van der Waals surface area contributed by atoms with E-state index in [1.807, 2.05) is 11.9 Å². The smallest absolute Gasteiger partial charge is 0.414 e. The molecule has 0 unspecified atom stereocenters. The number of aromatic nitrogens is 2. The molecule has 0 spiro atoms. The normalized spacial score (nSPS) is 11.5. The van der Waals surface area contributed by atoms with Gasteiger partial charge in [0, 0.05) is 34.1 Å². The number of aliphatic carboxylic acids is 1. The van der Waals surface area contributed by atoms with Crippen molar-refractivity contribution in [2.75, 3.05) is 37.9 Å². The van der Waals surface area contributed by atoms with E-state index in [1.165, 1.54) is 24.1 Å². The number of hydrogen-bond donors (Lipinski definition) is 2. The first kappa shape index (κ1) is 24.9. The van der Waals surface area contributed by atoms with E-state index >= 15 is 0 Å². The van der Waals surface area contributed by atoms with Gasteiger partial charge in [-0.05, 0) is 24.1 Å². The average molecular weight is 444 g/mol. The number of benzene rings is 1. The molecule has 0 aliphatic carbocycles. The van der Waals surface area contributed by atoms with E-state index in [4.69, 9.17) is 4.74 Å². The molecule has 9 nitrogen and oxygen atoms in total. The first-order valence-corrected chi connectivity index (χ1v) is 10.8. The van der Waals surface area contributed by atoms with Crippen LogP contribution in [-0.2, 0) is 11.2 Å². The van der Waals surface area contributed by atoms with Gasteiger partial charge < -0.3 is 25.0 Å². The lowest BCUT2D eigenvalue weighted by Crippen LogP contribution is -2.33. The van der Waals surface area contributed by atoms with Gasteiger partial charge in [0.05, 0.1) is 11.9 Å². The Hall–Kier alpha value is -3.36. The number of carboxylic acid groups (broad SMARTS) is 1. The van der Waals surface area contributed by atoms with Crippen molar-refractivity contribution >= 4 is 23.6 Å². The monoisotopic (exact) mass is 443 g/mol. The highest BCUT2D eigenvalue weighted by molar-refractivity contribution is 5.79. The highest BCUT2D eigenvalue weighted by atomic mass is 16.6. The van der Waals surface area contributed by atoms with E-state index in [9.17, 15) is 14.7 Å². The topological polar surface area (TPSA) is 108 Å². The van der Waals surface area contributed by atoms with Crippen molar-refractivity contribution in [3.8, 4) is 5.75 Å². The molecule has 1 heterocycles. The number of amides is 1. The first-order chi connectivity index (χ1) is 15.3. The zero-order chi connectivity index (χ0) is 23.5. The van der Waals surface area contributed by atoms with Crippen molar-refractivity contribution in [1.29, 1.82) is 0 Å². The number of carbonyl (C=O) groups is 2. The quantitative estimate of drug-likeness (QED) is 0.479. The molecule has 2 N–H and O–H groups in total. The van der Waals surface area contributed by atoms with Crippen LogP contribution in [0, 0.1) is 0 Å². The predicted octanol–water partition coefficient (Wildman–Crippen LogP) is 3.66. The van der Waals surface area contributed by atoms with Gasteiger partial charge in [0.25, 0.3) is 0 Å². The number of rotatable bonds is 12. The SMILES string of the molecule is CCCCCCN(C)c1cncnc1N[C@@H](Cc1ccc(OC(=O)N(C)C)cc1)C(=O)O. The van der Waals surface area contributed by atoms with Crippen molar-refractivity contribution in [3.63, 3.8) is 0 Å². The second-order valence-corrected chi connectivity index (χ2v) is 7.88. The molecule has 0 saturated carbocycles. The number of nitrogens with zero attached hydrogens (tertiary/aromatic N) is 4. The van der Waals surface area contributed by atoms with E-state index in [0.717, 1.165) is 30.6 Å². The van der Waals surface area contributed by atoms with E-state index in [-0.39, 0.29) is 6.42 Å². The molecular formula is C23H33N5O4. The molecule has 9 heteroatoms. The zero-order valence-corrected chi connectivity index (χ0v) is 19.2. The number of ether oxygens (including phenoxy) is 1. The fourth-order valence-electron chi connectivity index (χ4n) is 3.10. The highest BCUT2D eigenvalue weighted by Crippen LogP contribution is 2.23. The molecular weight excluding hydrogens is 410 g/mol. The van der Waals surface area contributed by atoms with Crippen molar-refractivity contribution < 1.29 is 19.4 Å². The number of carboxylic acids is 1. The lowest BCUT2D eigenvalue weighted by atomic mass is 10.1. The molecule has 0 fully saturated rings. The molecule has 174 valence electrons. The van der Waals surface area contributed by atoms with Gasteiger partial charge in [-0.1, -0.05) is 38.3 Å². The lowest BCUT2D eigenvalue weighted by molar-refractivity contribution is -0.137. The molecule has 1 aromatic heterocycles. The van der Waals surface area contributed by atoms with Gasteiger partial charge in [0.1, 0.15) is 18.1 Å². The minimum atomic E-state index is -0.983. The van der Waals surface area contributed by atoms with Gasteiger partial charge in [-0.25, -0.2) is 19.6 Å². The average Bonchev–Trinajstić information content (AvgIpc) is 2.77. The van der Waals surface area contributed by atoms with Gasteiger partial charge in [-0.15, -0.1) is 0 Å². The fraction of sp³-hybridized carbons (Fsp3) is 0.478. The third-order valence-electron chi connectivity index (χ3n) is 4.99. The summed E-state index contributed by atoms with van der Waals surface area (Å²) in [4.78, 5) is 35.3. The summed E-state index contributed by atoms with van der Waals surface area (Å²) in [6, 6.07) is 5.91. The number of anilines is 2. The summed E-state index contributed by atoms with van der Waals surface area (Å²) in [6.45, 7) is 3.01. The summed E-state index contributed by atoms with van der Waals surface area (Å²) in [5, 5.41) is 12.8. The van der Waals surface area contributed by atoms with Crippen molar-refractivity contribution in [3.05, 3.63) is 42.4 Å². The van der Waals surface area contributed by atoms with Gasteiger partial charge in [0.15, 0.2) is 5.82 Å². The zero-order valence-electron chi connectivity index (χ0n) is 19.2. The van der Waals surface area contributed by atoms with Crippen LogP contribution in [0.2, 0.25) is 0 Å². The largest absolute Gasteiger partial charge is 0.480 e. The van der Waals surface area contributed by atoms with E-state index < -0.39 is 18.1 Å². The van der Waals surface area contributed by atoms with Gasteiger partial charge in [-0.2, -0.15) is 0 Å². The summed E-state index contributed by atoms with van der Waals surface area (Å²) in [5.41, 5.74) is 1.55. The summed E-state index contributed by atoms with van der Waals surface area (Å²) in [6.07, 6.45) is 7.42. The van der Waals surface area contributed by atoms with Crippen molar-refractivity contribution in [2.45, 2.75) is 45.1 Å². The molecule has 2 rings (SSSR count). The Balaban J connectivity index is 2.06. The maximum Gasteiger partial charge on any atom is 0.414 e. The van der Waals surface area contributed by atoms with Gasteiger partial charge in [0.2, 0.25) is 0 Å². The van der Waals surface area contributed by atoms with Crippen molar-refractivity contribution in [1.82, 2.24) is 14.9 Å². The fourth-order valence-corrected chi connectivity index (χ4v) is 3.10. The van der Waals surface area contributed by atoms with Crippen LogP contribution in [-0.4, -0.2) is 65.8 Å². The Labute approximate surface area is 189 Å². The standard InChI is InChI=1S/C23H33N5O4/c1-5-6-7-8-13-28(4)20-15-24-16-25-21(20)26-19(22(29)30)14-17-9-11-18(12-10-17)32-23(31)27(2)3/h9-12,15-16,19H,5-8,13-14H2,1-4H3,(H,29,30)(H,24,25,26)/t19-/m0/s1. The van der Waals surface area contributed by atoms with Crippen molar-refractivity contribution in [2.24, 2.45) is 0 Å². The van der Waals surface area contributed by atoms with Crippen LogP contribution in [0.3, 0.4) is 0 Å². The first-order valence-electron chi connectivity index (χ1n) is 10.8. The molecule has 0 bridgehead atoms. The molecule has 1 amide bonds. The van der Waals surface area contributed by atoms with E-state index in [1.54, 1.807) is 44.6 Å². The van der Waals surface area contributed by atoms with E-state index in [0.29, 0.717) is 11.6 Å². The van der Waals surface area contributed by atoms with Crippen LogP contribution in [0.4, 0.5) is 16.3 Å². The lowest BCUT2D eigenvalue weighted by Gasteiger charge is -2.23. The Morgan fingerprint density at radius 3 is 2.47 bits per heavy atom. The van der Waals surface area contributed by atoms with Crippen LogP contribution in [0.15, 0.2) is 36.8 Å². The predicted molar refractivity (Wildman–Crippen MR) is 124 cm³/mol. The minimum Gasteiger partial charge on any atom is -0.480 e. The summed E-state index contributed by atoms with van der Waals surface area (Å²) >= 11 is 0. The second-order valence-electron chi connectivity index (χ2n) is 7.88. The van der Waals surface area contributed by atoms with Crippen LogP contribution in [0.5, 0.6) is 5.75 Å². The molecule has 1 atom stereocenters. The number of unbranched alkanes of at least 4 members (excludes halogenated alkanes) is 3. The Morgan fingerprint density at radius 2 is 1.84 bits per heavy atom. The van der Waals surface area contributed by atoms with Gasteiger partial charge >= 0.3 is 12.1 Å². The summed E-state index contributed by atoms with van der Waals surface area (Å²) in [7, 11) is 5.16. The second kappa shape index (κ2) is 12.5. The summed E-state index contributed by atoms with van der Waals surface area (Å²) < 4.78 is 5.20. The molecule has 1 aromatic carbocycles. The Kier molecular flexibility index (Phi) is 9.72. The molecule has 0 aliphatic rings. The molecule has 2 aromatic rings. The third-order valence-corrected chi connectivity index (χ3v) is 4.99. The minimum absolute atomic E-state index is 0.237. The maximum atomic E-state index is 11.9. The van der Waals surface area contributed by atoms with E-state index in [2.05, 4.69) is 22.2 Å². The number of hydrogen-bond acceptors (Lipinski definition) is 7.